The Morgan fingerprint density at radius 3 is 3.00 bits per heavy atom. The van der Waals surface area contributed by atoms with Crippen LogP contribution in [0.1, 0.15) is 17.2 Å². The third kappa shape index (κ3) is 1.51. The Morgan fingerprint density at radius 1 is 1.43 bits per heavy atom. The van der Waals surface area contributed by atoms with E-state index in [0.717, 1.165) is 18.5 Å². The van der Waals surface area contributed by atoms with Crippen molar-refractivity contribution in [2.45, 2.75) is 12.5 Å². The second-order valence-electron chi connectivity index (χ2n) is 3.46. The molecule has 1 aromatic carbocycles. The maximum atomic E-state index is 11.6. The highest BCUT2D eigenvalue weighted by molar-refractivity contribution is 5.84. The fourth-order valence-corrected chi connectivity index (χ4v) is 1.89. The molecule has 0 bridgehead atoms. The highest BCUT2D eigenvalue weighted by Gasteiger charge is 2.23. The van der Waals surface area contributed by atoms with Crippen LogP contribution in [0.2, 0.25) is 0 Å². The molecule has 74 valence electrons. The standard InChI is InChI=1S/C11H14N2O/c1-12-10-9-5-3-2-4-8(9)6-7-13-11(10)14/h2-5,10,12H,6-7H2,1H3,(H,13,14). The summed E-state index contributed by atoms with van der Waals surface area (Å²) in [6, 6.07) is 7.89. The topological polar surface area (TPSA) is 41.1 Å². The molecule has 1 aromatic rings. The van der Waals surface area contributed by atoms with E-state index in [4.69, 9.17) is 0 Å². The van der Waals surface area contributed by atoms with Crippen LogP contribution in [0.25, 0.3) is 0 Å². The Labute approximate surface area is 83.5 Å². The smallest absolute Gasteiger partial charge is 0.241 e. The van der Waals surface area contributed by atoms with Crippen LogP contribution >= 0.6 is 0 Å². The van der Waals surface area contributed by atoms with E-state index in [1.54, 1.807) is 0 Å². The van der Waals surface area contributed by atoms with Crippen molar-refractivity contribution in [3.8, 4) is 0 Å². The number of hydrogen-bond acceptors (Lipinski definition) is 2. The Bertz CT molecular complexity index is 349. The quantitative estimate of drug-likeness (QED) is 0.681. The van der Waals surface area contributed by atoms with Gasteiger partial charge in [0.25, 0.3) is 0 Å². The largest absolute Gasteiger partial charge is 0.354 e. The predicted molar refractivity (Wildman–Crippen MR) is 55.0 cm³/mol. The van der Waals surface area contributed by atoms with Gasteiger partial charge in [0.2, 0.25) is 5.91 Å². The molecule has 0 saturated heterocycles. The lowest BCUT2D eigenvalue weighted by Crippen LogP contribution is -2.34. The first-order valence-electron chi connectivity index (χ1n) is 4.85. The minimum atomic E-state index is -0.200. The molecule has 0 aromatic heterocycles. The summed E-state index contributed by atoms with van der Waals surface area (Å²) in [4.78, 5) is 11.6. The molecule has 1 amide bonds. The van der Waals surface area contributed by atoms with Gasteiger partial charge in [0.15, 0.2) is 0 Å². The van der Waals surface area contributed by atoms with Crippen LogP contribution in [0.15, 0.2) is 24.3 Å². The SMILES string of the molecule is CNC1C(=O)NCCc2ccccc21. The van der Waals surface area contributed by atoms with Gasteiger partial charge in [-0.3, -0.25) is 4.79 Å². The predicted octanol–water partition coefficient (Wildman–Crippen LogP) is 0.619. The average molecular weight is 190 g/mol. The van der Waals surface area contributed by atoms with Crippen LogP contribution in [0, 0.1) is 0 Å². The molecule has 1 unspecified atom stereocenters. The van der Waals surface area contributed by atoms with Gasteiger partial charge in [-0.05, 0) is 24.6 Å². The zero-order valence-corrected chi connectivity index (χ0v) is 8.21. The lowest BCUT2D eigenvalue weighted by molar-refractivity contribution is -0.122. The van der Waals surface area contributed by atoms with Gasteiger partial charge in [0.1, 0.15) is 6.04 Å². The van der Waals surface area contributed by atoms with Gasteiger partial charge in [0, 0.05) is 6.54 Å². The van der Waals surface area contributed by atoms with E-state index >= 15 is 0 Å². The maximum Gasteiger partial charge on any atom is 0.241 e. The Morgan fingerprint density at radius 2 is 2.21 bits per heavy atom. The second-order valence-corrected chi connectivity index (χ2v) is 3.46. The number of nitrogens with one attached hydrogen (secondary N) is 2. The fraction of sp³-hybridized carbons (Fsp3) is 0.364. The van der Waals surface area contributed by atoms with Gasteiger partial charge in [-0.1, -0.05) is 24.3 Å². The fourth-order valence-electron chi connectivity index (χ4n) is 1.89. The lowest BCUT2D eigenvalue weighted by Gasteiger charge is -2.14. The van der Waals surface area contributed by atoms with Gasteiger partial charge >= 0.3 is 0 Å². The van der Waals surface area contributed by atoms with Gasteiger partial charge in [-0.25, -0.2) is 0 Å². The van der Waals surface area contributed by atoms with Gasteiger partial charge in [0.05, 0.1) is 0 Å². The van der Waals surface area contributed by atoms with Crippen LogP contribution in [0.3, 0.4) is 0 Å². The zero-order valence-electron chi connectivity index (χ0n) is 8.21. The first-order chi connectivity index (χ1) is 6.83. The van der Waals surface area contributed by atoms with E-state index < -0.39 is 0 Å². The van der Waals surface area contributed by atoms with Crippen LogP contribution in [-0.4, -0.2) is 19.5 Å². The minimum absolute atomic E-state index is 0.0671. The van der Waals surface area contributed by atoms with Crippen LogP contribution in [-0.2, 0) is 11.2 Å². The van der Waals surface area contributed by atoms with Crippen molar-refractivity contribution in [2.75, 3.05) is 13.6 Å². The van der Waals surface area contributed by atoms with Crippen molar-refractivity contribution in [1.82, 2.24) is 10.6 Å². The molecule has 2 N–H and O–H groups in total. The molecule has 14 heavy (non-hydrogen) atoms. The summed E-state index contributed by atoms with van der Waals surface area (Å²) in [7, 11) is 1.81. The molecule has 3 nitrogen and oxygen atoms in total. The molecule has 1 aliphatic rings. The average Bonchev–Trinajstić information content (AvgIpc) is 2.36. The van der Waals surface area contributed by atoms with Crippen molar-refractivity contribution in [2.24, 2.45) is 0 Å². The number of carbonyl (C=O) groups is 1. The van der Waals surface area contributed by atoms with Crippen molar-refractivity contribution >= 4 is 5.91 Å². The molecular formula is C11H14N2O. The lowest BCUT2D eigenvalue weighted by atomic mass is 9.99. The molecule has 0 aliphatic carbocycles. The Kier molecular flexibility index (Phi) is 2.50. The van der Waals surface area contributed by atoms with Crippen molar-refractivity contribution in [1.29, 1.82) is 0 Å². The number of hydrogen-bond donors (Lipinski definition) is 2. The number of amides is 1. The third-order valence-corrected chi connectivity index (χ3v) is 2.61. The summed E-state index contributed by atoms with van der Waals surface area (Å²) in [5.74, 6) is 0.0671. The molecule has 1 aliphatic heterocycles. The van der Waals surface area contributed by atoms with Gasteiger partial charge in [-0.2, -0.15) is 0 Å². The van der Waals surface area contributed by atoms with Crippen molar-refractivity contribution in [3.63, 3.8) is 0 Å². The molecule has 0 saturated carbocycles. The Hall–Kier alpha value is -1.35. The molecule has 3 heteroatoms. The minimum Gasteiger partial charge on any atom is -0.354 e. The van der Waals surface area contributed by atoms with E-state index in [2.05, 4.69) is 16.7 Å². The highest BCUT2D eigenvalue weighted by atomic mass is 16.2. The molecule has 0 radical (unpaired) electrons. The van der Waals surface area contributed by atoms with Crippen LogP contribution < -0.4 is 10.6 Å². The number of fused-ring (bicyclic) bond motifs is 1. The normalized spacial score (nSPS) is 20.9. The van der Waals surface area contributed by atoms with Crippen LogP contribution in [0.5, 0.6) is 0 Å². The van der Waals surface area contributed by atoms with E-state index in [0.29, 0.717) is 0 Å². The molecule has 0 fully saturated rings. The summed E-state index contributed by atoms with van der Waals surface area (Å²) in [5, 5.41) is 5.93. The van der Waals surface area contributed by atoms with E-state index in [1.807, 2.05) is 25.2 Å². The third-order valence-electron chi connectivity index (χ3n) is 2.61. The summed E-state index contributed by atoms with van der Waals surface area (Å²) in [6.45, 7) is 0.730. The van der Waals surface area contributed by atoms with E-state index in [1.165, 1.54) is 5.56 Å². The van der Waals surface area contributed by atoms with E-state index in [-0.39, 0.29) is 11.9 Å². The summed E-state index contributed by atoms with van der Waals surface area (Å²) >= 11 is 0. The van der Waals surface area contributed by atoms with Crippen molar-refractivity contribution < 1.29 is 4.79 Å². The monoisotopic (exact) mass is 190 g/mol. The first kappa shape index (κ1) is 9.21. The number of benzene rings is 1. The summed E-state index contributed by atoms with van der Waals surface area (Å²) in [5.41, 5.74) is 2.36. The maximum absolute atomic E-state index is 11.6. The molecular weight excluding hydrogens is 176 g/mol. The number of carbonyl (C=O) groups excluding carboxylic acids is 1. The zero-order chi connectivity index (χ0) is 9.97. The molecule has 1 heterocycles. The summed E-state index contributed by atoms with van der Waals surface area (Å²) in [6.07, 6.45) is 0.917. The number of likely N-dealkylation sites (N-methyl/N-ethyl adjacent to an activating group) is 1. The highest BCUT2D eigenvalue weighted by Crippen LogP contribution is 2.20. The van der Waals surface area contributed by atoms with E-state index in [9.17, 15) is 4.79 Å². The second kappa shape index (κ2) is 3.80. The first-order valence-corrected chi connectivity index (χ1v) is 4.85. The van der Waals surface area contributed by atoms with Crippen LogP contribution in [0.4, 0.5) is 0 Å². The Balaban J connectivity index is 2.44. The number of rotatable bonds is 1. The van der Waals surface area contributed by atoms with Gasteiger partial charge in [-0.15, -0.1) is 0 Å². The molecule has 2 rings (SSSR count). The molecule has 0 spiro atoms. The molecule has 1 atom stereocenters. The summed E-state index contributed by atoms with van der Waals surface area (Å²) < 4.78 is 0. The van der Waals surface area contributed by atoms with Gasteiger partial charge < -0.3 is 10.6 Å². The van der Waals surface area contributed by atoms with Crippen molar-refractivity contribution in [3.05, 3.63) is 35.4 Å².